The van der Waals surface area contributed by atoms with Gasteiger partial charge in [0.1, 0.15) is 12.4 Å². The van der Waals surface area contributed by atoms with E-state index < -0.39 is 11.7 Å². The minimum absolute atomic E-state index is 0.124. The molecule has 3 aromatic carbocycles. The van der Waals surface area contributed by atoms with Crippen molar-refractivity contribution in [3.8, 4) is 11.5 Å². The molecule has 1 aliphatic rings. The number of methoxy groups -OCH3 is 1. The Kier molecular flexibility index (Phi) is 6.79. The predicted octanol–water partition coefficient (Wildman–Crippen LogP) is 6.47. The number of amides is 1. The fraction of sp³-hybridized carbons (Fsp3) is 0.0833. The van der Waals surface area contributed by atoms with Gasteiger partial charge < -0.3 is 9.47 Å². The SMILES string of the molecule is COc1cc(/C=C2\SC(=S)N(c3ccccc3F)C2=O)cc(Cl)c1OCc1ccccc1. The lowest BCUT2D eigenvalue weighted by Gasteiger charge is -2.15. The van der Waals surface area contributed by atoms with Crippen molar-refractivity contribution in [2.75, 3.05) is 12.0 Å². The highest BCUT2D eigenvalue weighted by molar-refractivity contribution is 8.27. The van der Waals surface area contributed by atoms with Gasteiger partial charge in [-0.05, 0) is 41.5 Å². The van der Waals surface area contributed by atoms with Crippen LogP contribution in [0.15, 0.2) is 71.6 Å². The minimum atomic E-state index is -0.519. The van der Waals surface area contributed by atoms with Crippen LogP contribution in [-0.4, -0.2) is 17.3 Å². The second-order valence-electron chi connectivity index (χ2n) is 6.78. The van der Waals surface area contributed by atoms with Crippen LogP contribution >= 0.6 is 35.6 Å². The molecule has 0 saturated carbocycles. The molecule has 0 N–H and O–H groups in total. The number of thiocarbonyl (C=S) groups is 1. The molecule has 0 bridgehead atoms. The van der Waals surface area contributed by atoms with Gasteiger partial charge in [-0.15, -0.1) is 0 Å². The smallest absolute Gasteiger partial charge is 0.270 e. The van der Waals surface area contributed by atoms with Crippen molar-refractivity contribution in [1.29, 1.82) is 0 Å². The molecular weight excluding hydrogens is 469 g/mol. The molecule has 0 spiro atoms. The lowest BCUT2D eigenvalue weighted by molar-refractivity contribution is -0.113. The van der Waals surface area contributed by atoms with Crippen LogP contribution in [0, 0.1) is 5.82 Å². The zero-order valence-electron chi connectivity index (χ0n) is 16.9. The molecule has 0 unspecified atom stereocenters. The average molecular weight is 486 g/mol. The number of ether oxygens (including phenoxy) is 2. The molecule has 0 radical (unpaired) electrons. The fourth-order valence-corrected chi connectivity index (χ4v) is 4.71. The number of hydrogen-bond donors (Lipinski definition) is 0. The minimum Gasteiger partial charge on any atom is -0.493 e. The third kappa shape index (κ3) is 4.65. The van der Waals surface area contributed by atoms with Crippen LogP contribution < -0.4 is 14.4 Å². The normalized spacial score (nSPS) is 14.8. The Bertz CT molecular complexity index is 1220. The Hall–Kier alpha value is -2.87. The Morgan fingerprint density at radius 2 is 1.84 bits per heavy atom. The monoisotopic (exact) mass is 485 g/mol. The van der Waals surface area contributed by atoms with E-state index in [1.165, 1.54) is 24.1 Å². The quantitative estimate of drug-likeness (QED) is 0.295. The second kappa shape index (κ2) is 9.73. The molecule has 8 heteroatoms. The summed E-state index contributed by atoms with van der Waals surface area (Å²) < 4.78 is 25.8. The standard InChI is InChI=1S/C24H17ClFNO3S2/c1-29-20-12-16(11-17(25)22(20)30-14-15-7-3-2-4-8-15)13-21-23(28)27(24(31)32-21)19-10-6-5-9-18(19)26/h2-13H,14H2,1H3/b21-13-. The van der Waals surface area contributed by atoms with Gasteiger partial charge in [-0.1, -0.05) is 78.0 Å². The van der Waals surface area contributed by atoms with Crippen LogP contribution in [0.5, 0.6) is 11.5 Å². The summed E-state index contributed by atoms with van der Waals surface area (Å²) in [6, 6.07) is 19.1. The Labute approximate surface area is 199 Å². The number of halogens is 2. The summed E-state index contributed by atoms with van der Waals surface area (Å²) in [4.78, 5) is 14.5. The van der Waals surface area contributed by atoms with Gasteiger partial charge in [0.05, 0.1) is 22.7 Å². The number of anilines is 1. The number of carbonyl (C=O) groups excluding carboxylic acids is 1. The number of nitrogens with zero attached hydrogens (tertiary/aromatic N) is 1. The van der Waals surface area contributed by atoms with Crippen LogP contribution in [0.4, 0.5) is 10.1 Å². The molecule has 1 aliphatic heterocycles. The molecule has 1 saturated heterocycles. The zero-order valence-corrected chi connectivity index (χ0v) is 19.3. The van der Waals surface area contributed by atoms with Crippen molar-refractivity contribution in [2.24, 2.45) is 0 Å². The summed E-state index contributed by atoms with van der Waals surface area (Å²) in [6.07, 6.45) is 1.65. The maximum atomic E-state index is 14.2. The summed E-state index contributed by atoms with van der Waals surface area (Å²) in [6.45, 7) is 0.331. The molecule has 1 amide bonds. The summed E-state index contributed by atoms with van der Waals surface area (Å²) in [5.41, 5.74) is 1.75. The number of hydrogen-bond acceptors (Lipinski definition) is 5. The first kappa shape index (κ1) is 22.3. The highest BCUT2D eigenvalue weighted by Crippen LogP contribution is 2.40. The maximum Gasteiger partial charge on any atom is 0.270 e. The predicted molar refractivity (Wildman–Crippen MR) is 131 cm³/mol. The van der Waals surface area contributed by atoms with Gasteiger partial charge in [-0.3, -0.25) is 9.69 Å². The molecule has 162 valence electrons. The van der Waals surface area contributed by atoms with Crippen molar-refractivity contribution >= 4 is 57.6 Å². The fourth-order valence-electron chi connectivity index (χ4n) is 3.15. The first-order valence-electron chi connectivity index (χ1n) is 9.54. The number of para-hydroxylation sites is 1. The van der Waals surface area contributed by atoms with E-state index in [4.69, 9.17) is 33.3 Å². The molecule has 0 aromatic heterocycles. The van der Waals surface area contributed by atoms with Gasteiger partial charge >= 0.3 is 0 Å². The highest BCUT2D eigenvalue weighted by atomic mass is 35.5. The zero-order chi connectivity index (χ0) is 22.7. The van der Waals surface area contributed by atoms with E-state index in [0.29, 0.717) is 33.6 Å². The number of carbonyl (C=O) groups is 1. The van der Waals surface area contributed by atoms with Gasteiger partial charge in [0.15, 0.2) is 15.8 Å². The van der Waals surface area contributed by atoms with Gasteiger partial charge in [0.25, 0.3) is 5.91 Å². The summed E-state index contributed by atoms with van der Waals surface area (Å²) in [7, 11) is 1.52. The van der Waals surface area contributed by atoms with E-state index in [0.717, 1.165) is 17.3 Å². The third-order valence-corrected chi connectivity index (χ3v) is 6.25. The molecule has 1 fully saturated rings. The summed E-state index contributed by atoms with van der Waals surface area (Å²) in [5.74, 6) is -0.0717. The van der Waals surface area contributed by atoms with Crippen molar-refractivity contribution in [3.63, 3.8) is 0 Å². The van der Waals surface area contributed by atoms with E-state index in [1.54, 1.807) is 30.3 Å². The van der Waals surface area contributed by atoms with Crippen molar-refractivity contribution in [1.82, 2.24) is 0 Å². The molecule has 1 heterocycles. The van der Waals surface area contributed by atoms with E-state index in [9.17, 15) is 9.18 Å². The Morgan fingerprint density at radius 1 is 1.12 bits per heavy atom. The van der Waals surface area contributed by atoms with Gasteiger partial charge in [0, 0.05) is 0 Å². The van der Waals surface area contributed by atoms with Gasteiger partial charge in [-0.2, -0.15) is 0 Å². The van der Waals surface area contributed by atoms with Gasteiger partial charge in [0.2, 0.25) is 0 Å². The van der Waals surface area contributed by atoms with Crippen molar-refractivity contribution in [2.45, 2.75) is 6.61 Å². The molecule has 32 heavy (non-hydrogen) atoms. The summed E-state index contributed by atoms with van der Waals surface area (Å²) >= 11 is 12.9. The number of thioether (sulfide) groups is 1. The Balaban J connectivity index is 1.60. The molecular formula is C24H17ClFNO3S2. The van der Waals surface area contributed by atoms with Crippen LogP contribution in [0.2, 0.25) is 5.02 Å². The number of rotatable bonds is 6. The molecule has 4 rings (SSSR count). The van der Waals surface area contributed by atoms with Crippen LogP contribution in [0.3, 0.4) is 0 Å². The highest BCUT2D eigenvalue weighted by Gasteiger charge is 2.34. The van der Waals surface area contributed by atoms with E-state index in [-0.39, 0.29) is 10.0 Å². The van der Waals surface area contributed by atoms with Crippen LogP contribution in [-0.2, 0) is 11.4 Å². The van der Waals surface area contributed by atoms with Crippen LogP contribution in [0.25, 0.3) is 6.08 Å². The molecule has 3 aromatic rings. The Morgan fingerprint density at radius 3 is 2.56 bits per heavy atom. The lowest BCUT2D eigenvalue weighted by atomic mass is 10.1. The van der Waals surface area contributed by atoms with E-state index >= 15 is 0 Å². The van der Waals surface area contributed by atoms with E-state index in [2.05, 4.69) is 0 Å². The topological polar surface area (TPSA) is 38.8 Å². The molecule has 0 atom stereocenters. The molecule has 4 nitrogen and oxygen atoms in total. The third-order valence-electron chi connectivity index (χ3n) is 4.66. The summed E-state index contributed by atoms with van der Waals surface area (Å²) in [5, 5.41) is 0.344. The number of benzene rings is 3. The maximum absolute atomic E-state index is 14.2. The first-order valence-corrected chi connectivity index (χ1v) is 11.1. The van der Waals surface area contributed by atoms with Crippen molar-refractivity contribution in [3.05, 3.63) is 93.6 Å². The first-order chi connectivity index (χ1) is 15.5. The molecule has 0 aliphatic carbocycles. The van der Waals surface area contributed by atoms with Gasteiger partial charge in [-0.25, -0.2) is 4.39 Å². The lowest BCUT2D eigenvalue weighted by Crippen LogP contribution is -2.28. The average Bonchev–Trinajstić information content (AvgIpc) is 3.06. The van der Waals surface area contributed by atoms with Crippen molar-refractivity contribution < 1.29 is 18.7 Å². The second-order valence-corrected chi connectivity index (χ2v) is 8.86. The largest absolute Gasteiger partial charge is 0.493 e. The van der Waals surface area contributed by atoms with Crippen LogP contribution in [0.1, 0.15) is 11.1 Å². The van der Waals surface area contributed by atoms with E-state index in [1.807, 2.05) is 30.3 Å².